The summed E-state index contributed by atoms with van der Waals surface area (Å²) in [7, 11) is 0. The fourth-order valence-corrected chi connectivity index (χ4v) is 10.2. The summed E-state index contributed by atoms with van der Waals surface area (Å²) in [6, 6.07) is 82.2. The Balaban J connectivity index is 0.000000169. The molecule has 3 N–H and O–H groups in total. The standard InChI is InChI=1S/C30H27N3O3.C30H24O6.C30H30O3/c1-19-4-10-25(11-5-19)31-28(34)22-16-23(29(35)32-26-12-6-20(2)7-13-26)18-24(17-22)30(36)33-27-14-8-21(3)9-15-27;1-19-4-10-25(11-5-19)34-28(31)22-16-23(29(32)35-26-12-6-20(2)7-13-26)18-24(17-22)30(33)36-27-14-8-21(3)9-15-27;1-22-4-10-25(11-5-22)19-31-28-16-29(32-20-26-12-6-23(2)7-13-26)18-30(17-28)33-21-27-14-8-24(3)9-15-27/h4-18H,1-3H3,(H,31,34)(H,32,35)(H,33,36);4-18H,1-3H3;4-18H,19-21H2,1-3H3. The maximum Gasteiger partial charge on any atom is 0.343 e. The van der Waals surface area contributed by atoms with E-state index in [-0.39, 0.29) is 33.4 Å². The lowest BCUT2D eigenvalue weighted by Gasteiger charge is -2.14. The number of ether oxygens (including phenoxy) is 6. The quantitative estimate of drug-likeness (QED) is 0.0456. The molecule has 0 aromatic heterocycles. The summed E-state index contributed by atoms with van der Waals surface area (Å²) in [5.74, 6) is -0.293. The molecule has 0 aliphatic rings. The van der Waals surface area contributed by atoms with Crippen LogP contribution >= 0.6 is 0 Å². The number of hydrogen-bond acceptors (Lipinski definition) is 12. The van der Waals surface area contributed by atoms with E-state index in [1.165, 1.54) is 53.1 Å². The average molecular weight is 1400 g/mol. The summed E-state index contributed by atoms with van der Waals surface area (Å²) in [5.41, 5.74) is 15.7. The molecular weight excluding hydrogens is 1310 g/mol. The Morgan fingerprint density at radius 3 is 0.610 bits per heavy atom. The first-order chi connectivity index (χ1) is 50.6. The third-order valence-electron chi connectivity index (χ3n) is 16.4. The van der Waals surface area contributed by atoms with Gasteiger partial charge in [-0.15, -0.1) is 0 Å². The molecule has 0 saturated heterocycles. The van der Waals surface area contributed by atoms with Crippen molar-refractivity contribution in [3.63, 3.8) is 0 Å². The third-order valence-corrected chi connectivity index (χ3v) is 16.4. The van der Waals surface area contributed by atoms with Crippen LogP contribution in [0.3, 0.4) is 0 Å². The highest BCUT2D eigenvalue weighted by Crippen LogP contribution is 2.31. The molecule has 12 aromatic rings. The van der Waals surface area contributed by atoms with Crippen LogP contribution in [0.5, 0.6) is 34.5 Å². The second kappa shape index (κ2) is 35.9. The molecule has 0 unspecified atom stereocenters. The molecular formula is C90H81N3O12. The molecule has 0 aliphatic heterocycles. The lowest BCUT2D eigenvalue weighted by atomic mass is 10.0. The minimum absolute atomic E-state index is 0.00443. The fraction of sp³-hybridized carbons (Fsp3) is 0.133. The molecule has 0 spiro atoms. The van der Waals surface area contributed by atoms with Crippen LogP contribution in [-0.2, 0) is 19.8 Å². The number of aryl methyl sites for hydroxylation is 9. The van der Waals surface area contributed by atoms with Crippen molar-refractivity contribution < 1.29 is 57.2 Å². The Morgan fingerprint density at radius 2 is 0.400 bits per heavy atom. The first-order valence-corrected chi connectivity index (χ1v) is 34.1. The third kappa shape index (κ3) is 23.2. The van der Waals surface area contributed by atoms with E-state index in [1.807, 2.05) is 133 Å². The van der Waals surface area contributed by atoms with Crippen LogP contribution in [-0.4, -0.2) is 35.6 Å². The molecule has 0 atom stereocenters. The summed E-state index contributed by atoms with van der Waals surface area (Å²) in [6.07, 6.45) is 0. The van der Waals surface area contributed by atoms with E-state index in [0.717, 1.165) is 67.3 Å². The molecule has 105 heavy (non-hydrogen) atoms. The first kappa shape index (κ1) is 74.5. The second-order valence-corrected chi connectivity index (χ2v) is 25.6. The molecule has 0 aliphatic carbocycles. The normalized spacial score (nSPS) is 10.5. The molecule has 528 valence electrons. The number of hydrogen-bond donors (Lipinski definition) is 3. The van der Waals surface area contributed by atoms with E-state index >= 15 is 0 Å². The average Bonchev–Trinajstić information content (AvgIpc) is 0.819. The van der Waals surface area contributed by atoms with Crippen molar-refractivity contribution in [2.75, 3.05) is 16.0 Å². The predicted molar refractivity (Wildman–Crippen MR) is 412 cm³/mol. The summed E-state index contributed by atoms with van der Waals surface area (Å²) < 4.78 is 34.6. The zero-order chi connectivity index (χ0) is 74.4. The molecule has 12 aromatic carbocycles. The molecule has 15 nitrogen and oxygen atoms in total. The van der Waals surface area contributed by atoms with Crippen LogP contribution in [0.4, 0.5) is 17.1 Å². The van der Waals surface area contributed by atoms with Gasteiger partial charge in [-0.25, -0.2) is 14.4 Å². The minimum Gasteiger partial charge on any atom is -0.489 e. The summed E-state index contributed by atoms with van der Waals surface area (Å²) >= 11 is 0. The van der Waals surface area contributed by atoms with Crippen LogP contribution in [0.15, 0.2) is 273 Å². The Labute approximate surface area is 612 Å². The molecule has 0 bridgehead atoms. The van der Waals surface area contributed by atoms with Crippen LogP contribution in [0.2, 0.25) is 0 Å². The van der Waals surface area contributed by atoms with Crippen molar-refractivity contribution >= 4 is 52.7 Å². The topological polar surface area (TPSA) is 194 Å². The fourth-order valence-electron chi connectivity index (χ4n) is 10.2. The predicted octanol–water partition coefficient (Wildman–Crippen LogP) is 20.0. The van der Waals surface area contributed by atoms with Gasteiger partial charge in [-0.3, -0.25) is 14.4 Å². The number of nitrogens with one attached hydrogen (secondary N) is 3. The zero-order valence-corrected chi connectivity index (χ0v) is 60.0. The Morgan fingerprint density at radius 1 is 0.219 bits per heavy atom. The van der Waals surface area contributed by atoms with Crippen molar-refractivity contribution in [2.45, 2.75) is 82.1 Å². The summed E-state index contributed by atoms with van der Waals surface area (Å²) in [6.45, 7) is 19.3. The second-order valence-electron chi connectivity index (χ2n) is 25.6. The number of rotatable bonds is 21. The van der Waals surface area contributed by atoms with Gasteiger partial charge in [0.1, 0.15) is 54.3 Å². The SMILES string of the molecule is Cc1ccc(COc2cc(OCc3ccc(C)cc3)cc(OCc3ccc(C)cc3)c2)cc1.Cc1ccc(NC(=O)c2cc(C(=O)Nc3ccc(C)cc3)cc(C(=O)Nc3ccc(C)cc3)c2)cc1.Cc1ccc(OC(=O)c2cc(C(=O)Oc3ccc(C)cc3)cc(C(=O)Oc3ccc(C)cc3)c2)cc1. The summed E-state index contributed by atoms with van der Waals surface area (Å²) in [5, 5.41) is 8.48. The molecule has 0 heterocycles. The van der Waals surface area contributed by atoms with Gasteiger partial charge in [0.15, 0.2) is 0 Å². The van der Waals surface area contributed by atoms with E-state index in [0.29, 0.717) is 54.1 Å². The van der Waals surface area contributed by atoms with Gasteiger partial charge in [-0.1, -0.05) is 196 Å². The van der Waals surface area contributed by atoms with E-state index in [9.17, 15) is 28.8 Å². The lowest BCUT2D eigenvalue weighted by molar-refractivity contribution is 0.0732. The van der Waals surface area contributed by atoms with E-state index < -0.39 is 35.6 Å². The Kier molecular flexibility index (Phi) is 25.5. The molecule has 15 heteroatoms. The first-order valence-electron chi connectivity index (χ1n) is 34.1. The van der Waals surface area contributed by atoms with E-state index in [1.54, 1.807) is 72.8 Å². The molecule has 0 fully saturated rings. The van der Waals surface area contributed by atoms with Gasteiger partial charge in [0, 0.05) is 52.0 Å². The van der Waals surface area contributed by atoms with E-state index in [4.69, 9.17) is 28.4 Å². The number of esters is 3. The van der Waals surface area contributed by atoms with Gasteiger partial charge in [0.25, 0.3) is 17.7 Å². The molecule has 12 rings (SSSR count). The number of carbonyl (C=O) groups is 6. The largest absolute Gasteiger partial charge is 0.489 e. The number of anilines is 3. The minimum atomic E-state index is -0.728. The Bertz CT molecular complexity index is 4220. The van der Waals surface area contributed by atoms with Crippen molar-refractivity contribution in [2.24, 2.45) is 0 Å². The smallest absolute Gasteiger partial charge is 0.343 e. The van der Waals surface area contributed by atoms with Gasteiger partial charge in [0.05, 0.1) is 16.7 Å². The summed E-state index contributed by atoms with van der Waals surface area (Å²) in [4.78, 5) is 77.9. The van der Waals surface area contributed by atoms with Gasteiger partial charge in [-0.2, -0.15) is 0 Å². The highest BCUT2D eigenvalue weighted by molar-refractivity contribution is 6.13. The van der Waals surface area contributed by atoms with Gasteiger partial charge < -0.3 is 44.4 Å². The van der Waals surface area contributed by atoms with Crippen molar-refractivity contribution in [1.82, 2.24) is 0 Å². The molecule has 3 amide bonds. The van der Waals surface area contributed by atoms with Crippen molar-refractivity contribution in [1.29, 1.82) is 0 Å². The van der Waals surface area contributed by atoms with Gasteiger partial charge in [-0.05, 0) is 188 Å². The highest BCUT2D eigenvalue weighted by atomic mass is 16.5. The molecule has 0 saturated carbocycles. The van der Waals surface area contributed by atoms with Gasteiger partial charge >= 0.3 is 17.9 Å². The van der Waals surface area contributed by atoms with Gasteiger partial charge in [0.2, 0.25) is 0 Å². The van der Waals surface area contributed by atoms with Crippen LogP contribution in [0.25, 0.3) is 0 Å². The number of benzene rings is 12. The van der Waals surface area contributed by atoms with Crippen molar-refractivity contribution in [3.8, 4) is 34.5 Å². The highest BCUT2D eigenvalue weighted by Gasteiger charge is 2.22. The number of amides is 3. The van der Waals surface area contributed by atoms with Crippen LogP contribution < -0.4 is 44.4 Å². The Hall–Kier alpha value is -13.1. The van der Waals surface area contributed by atoms with Crippen LogP contribution in [0, 0.1) is 62.3 Å². The van der Waals surface area contributed by atoms with Crippen molar-refractivity contribution in [3.05, 3.63) is 373 Å². The van der Waals surface area contributed by atoms with Crippen LogP contribution in [0.1, 0.15) is 129 Å². The molecule has 0 radical (unpaired) electrons. The lowest BCUT2D eigenvalue weighted by Crippen LogP contribution is -2.19. The zero-order valence-electron chi connectivity index (χ0n) is 60.0. The number of carbonyl (C=O) groups excluding carboxylic acids is 6. The van der Waals surface area contributed by atoms with E-state index in [2.05, 4.69) is 110 Å². The maximum atomic E-state index is 13.1. The monoisotopic (exact) mass is 1400 g/mol. The maximum absolute atomic E-state index is 13.1.